The third kappa shape index (κ3) is 4.93. The fourth-order valence-electron chi connectivity index (χ4n) is 3.74. The van der Waals surface area contributed by atoms with Crippen molar-refractivity contribution in [1.82, 2.24) is 0 Å². The Kier molecular flexibility index (Phi) is 7.19. The molecule has 0 atom stereocenters. The van der Waals surface area contributed by atoms with Crippen LogP contribution < -0.4 is 0 Å². The van der Waals surface area contributed by atoms with Gasteiger partial charge in [0.1, 0.15) is 5.57 Å². The molecule has 0 saturated heterocycles. The summed E-state index contributed by atoms with van der Waals surface area (Å²) in [6, 6.07) is 16.9. The van der Waals surface area contributed by atoms with Crippen LogP contribution in [0.3, 0.4) is 0 Å². The molecule has 29 heavy (non-hydrogen) atoms. The van der Waals surface area contributed by atoms with Crippen LogP contribution in [0.1, 0.15) is 68.7 Å². The minimum absolute atomic E-state index is 0.770. The molecule has 0 aliphatic carbocycles. The van der Waals surface area contributed by atoms with Crippen molar-refractivity contribution >= 4 is 11.4 Å². The second kappa shape index (κ2) is 10.0. The zero-order valence-electron chi connectivity index (χ0n) is 17.8. The van der Waals surface area contributed by atoms with E-state index in [0.29, 0.717) is 0 Å². The van der Waals surface area contributed by atoms with Gasteiger partial charge in [0.05, 0.1) is 0 Å². The van der Waals surface area contributed by atoms with Crippen LogP contribution in [0, 0.1) is 11.8 Å². The Morgan fingerprint density at radius 1 is 0.862 bits per heavy atom. The van der Waals surface area contributed by atoms with Gasteiger partial charge in [0, 0.05) is 17.2 Å². The van der Waals surface area contributed by atoms with E-state index in [0.717, 1.165) is 40.9 Å². The molecule has 0 aromatic heterocycles. The number of unbranched alkanes of at least 4 members (excludes halogenated alkanes) is 2. The molecule has 0 unspecified atom stereocenters. The summed E-state index contributed by atoms with van der Waals surface area (Å²) in [6.45, 7) is 6.25. The van der Waals surface area contributed by atoms with E-state index in [2.05, 4.69) is 74.2 Å². The molecule has 0 fully saturated rings. The van der Waals surface area contributed by atoms with Crippen molar-refractivity contribution in [2.45, 2.75) is 59.3 Å². The normalized spacial score (nSPS) is 13.3. The lowest BCUT2D eigenvalue weighted by atomic mass is 10.0. The average molecular weight is 383 g/mol. The highest BCUT2D eigenvalue weighted by molar-refractivity contribution is 5.81. The van der Waals surface area contributed by atoms with Crippen LogP contribution in [-0.4, -0.2) is 4.70 Å². The number of hydrogen-bond acceptors (Lipinski definition) is 0. The van der Waals surface area contributed by atoms with E-state index in [1.165, 1.54) is 41.5 Å². The van der Waals surface area contributed by atoms with Crippen molar-refractivity contribution in [3.8, 4) is 11.8 Å². The smallest absolute Gasteiger partial charge is 0.223 e. The molecule has 0 amide bonds. The minimum Gasteiger partial charge on any atom is -0.493 e. The van der Waals surface area contributed by atoms with E-state index in [-0.39, 0.29) is 0 Å². The van der Waals surface area contributed by atoms with Gasteiger partial charge < -0.3 is 5.53 Å². The molecule has 2 aromatic carbocycles. The van der Waals surface area contributed by atoms with Gasteiger partial charge in [-0.2, -0.15) is 0 Å². The van der Waals surface area contributed by atoms with E-state index in [1.54, 1.807) is 0 Å². The first-order valence-electron chi connectivity index (χ1n) is 10.7. The van der Waals surface area contributed by atoms with Gasteiger partial charge >= 0.3 is 0 Å². The maximum atomic E-state index is 11.1. The Balaban J connectivity index is 1.95. The fourth-order valence-corrected chi connectivity index (χ4v) is 3.74. The maximum absolute atomic E-state index is 11.1. The predicted molar refractivity (Wildman–Crippen MR) is 122 cm³/mol. The largest absolute Gasteiger partial charge is 0.493 e. The number of aryl methyl sites for hydroxylation is 2. The number of benzene rings is 2. The first-order chi connectivity index (χ1) is 14.2. The zero-order valence-corrected chi connectivity index (χ0v) is 17.8. The molecular formula is C27H30N2. The summed E-state index contributed by atoms with van der Waals surface area (Å²) < 4.78 is 1.32. The van der Waals surface area contributed by atoms with Crippen LogP contribution in [-0.2, 0) is 12.8 Å². The molecule has 2 heteroatoms. The molecule has 0 saturated carbocycles. The second-order valence-electron chi connectivity index (χ2n) is 7.59. The van der Waals surface area contributed by atoms with E-state index in [1.807, 2.05) is 13.0 Å². The average Bonchev–Trinajstić information content (AvgIpc) is 3.07. The van der Waals surface area contributed by atoms with Gasteiger partial charge in [-0.1, -0.05) is 56.9 Å². The third-order valence-electron chi connectivity index (χ3n) is 5.30. The van der Waals surface area contributed by atoms with Gasteiger partial charge in [0.2, 0.25) is 11.4 Å². The number of rotatable bonds is 8. The fraction of sp³-hybridized carbons (Fsp3) is 0.333. The van der Waals surface area contributed by atoms with Gasteiger partial charge in [-0.25, -0.2) is 4.70 Å². The van der Waals surface area contributed by atoms with Gasteiger partial charge in [-0.3, -0.25) is 0 Å². The Labute approximate surface area is 175 Å². The molecular weight excluding hydrogens is 352 g/mol. The molecule has 1 aliphatic rings. The molecule has 0 spiro atoms. The topological polar surface area (TPSA) is 25.3 Å². The second-order valence-corrected chi connectivity index (χ2v) is 7.59. The minimum atomic E-state index is 0.770. The quantitative estimate of drug-likeness (QED) is 0.341. The third-order valence-corrected chi connectivity index (χ3v) is 5.30. The van der Waals surface area contributed by atoms with Crippen LogP contribution in [0.2, 0.25) is 0 Å². The molecule has 1 aliphatic heterocycles. The summed E-state index contributed by atoms with van der Waals surface area (Å²) >= 11 is 0. The van der Waals surface area contributed by atoms with Crippen LogP contribution in [0.25, 0.3) is 16.9 Å². The summed E-state index contributed by atoms with van der Waals surface area (Å²) in [7, 11) is 0. The van der Waals surface area contributed by atoms with Crippen LogP contribution in [0.4, 0.5) is 0 Å². The Morgan fingerprint density at radius 2 is 1.45 bits per heavy atom. The first-order valence-corrected chi connectivity index (χ1v) is 10.7. The van der Waals surface area contributed by atoms with E-state index in [9.17, 15) is 5.53 Å². The van der Waals surface area contributed by atoms with Gasteiger partial charge in [-0.15, -0.1) is 5.92 Å². The van der Waals surface area contributed by atoms with Gasteiger partial charge in [0.15, 0.2) is 0 Å². The maximum Gasteiger partial charge on any atom is 0.223 e. The number of hydrogen-bond donors (Lipinski definition) is 0. The van der Waals surface area contributed by atoms with Crippen molar-refractivity contribution in [2.24, 2.45) is 0 Å². The SMILES string of the molecule is CC#CC1=C(c2cccc(CCCC)c2)[N+](=[N-])C(c2cccc(CCCC)c2)=C1. The van der Waals surface area contributed by atoms with Crippen molar-refractivity contribution in [3.63, 3.8) is 0 Å². The van der Waals surface area contributed by atoms with Crippen molar-refractivity contribution in [3.05, 3.63) is 88.0 Å². The lowest BCUT2D eigenvalue weighted by molar-refractivity contribution is -0.344. The Bertz CT molecular complexity index is 1010. The molecule has 3 rings (SSSR count). The van der Waals surface area contributed by atoms with Crippen LogP contribution >= 0.6 is 0 Å². The van der Waals surface area contributed by atoms with Crippen molar-refractivity contribution < 1.29 is 4.70 Å². The molecule has 2 nitrogen and oxygen atoms in total. The Morgan fingerprint density at radius 3 is 2.03 bits per heavy atom. The predicted octanol–water partition coefficient (Wildman–Crippen LogP) is 7.20. The summed E-state index contributed by atoms with van der Waals surface area (Å²) in [6.07, 6.45) is 8.81. The molecule has 2 aromatic rings. The summed E-state index contributed by atoms with van der Waals surface area (Å²) in [5.74, 6) is 6.19. The summed E-state index contributed by atoms with van der Waals surface area (Å²) in [5.41, 5.74) is 18.2. The summed E-state index contributed by atoms with van der Waals surface area (Å²) in [4.78, 5) is 0. The lowest BCUT2D eigenvalue weighted by Crippen LogP contribution is -2.03. The van der Waals surface area contributed by atoms with Crippen LogP contribution in [0.5, 0.6) is 0 Å². The molecule has 0 N–H and O–H groups in total. The summed E-state index contributed by atoms with van der Waals surface area (Å²) in [5, 5.41) is 0. The number of nitrogens with zero attached hydrogens (tertiary/aromatic N) is 2. The highest BCUT2D eigenvalue weighted by Crippen LogP contribution is 2.35. The number of allylic oxidation sites excluding steroid dienone is 2. The monoisotopic (exact) mass is 382 g/mol. The molecule has 0 radical (unpaired) electrons. The van der Waals surface area contributed by atoms with E-state index >= 15 is 0 Å². The molecule has 148 valence electrons. The standard InChI is InChI=1S/C27H30N2/c1-4-7-12-21-14-9-16-23(18-21)26-20-24(11-6-3)27(29(26)28)25-17-10-15-22(19-25)13-8-5-2/h9-10,14-20H,4-5,7-8,12-13H2,1-3H3. The first kappa shape index (κ1) is 20.8. The van der Waals surface area contributed by atoms with Crippen molar-refractivity contribution in [2.75, 3.05) is 0 Å². The van der Waals surface area contributed by atoms with Crippen molar-refractivity contribution in [1.29, 1.82) is 0 Å². The lowest BCUT2D eigenvalue weighted by Gasteiger charge is -2.11. The molecule has 1 heterocycles. The van der Waals surface area contributed by atoms with E-state index < -0.39 is 0 Å². The van der Waals surface area contributed by atoms with Crippen LogP contribution in [0.15, 0.2) is 60.2 Å². The highest BCUT2D eigenvalue weighted by Gasteiger charge is 2.28. The zero-order chi connectivity index (χ0) is 20.6. The Hall–Kier alpha value is -2.92. The molecule has 0 bridgehead atoms. The van der Waals surface area contributed by atoms with Gasteiger partial charge in [0.25, 0.3) is 0 Å². The highest BCUT2D eigenvalue weighted by atomic mass is 15.2. The van der Waals surface area contributed by atoms with E-state index in [4.69, 9.17) is 0 Å². The van der Waals surface area contributed by atoms with Gasteiger partial charge in [-0.05, 0) is 68.0 Å².